The highest BCUT2D eigenvalue weighted by Crippen LogP contribution is 2.22. The van der Waals surface area contributed by atoms with Gasteiger partial charge in [-0.25, -0.2) is 0 Å². The number of ketones is 1. The zero-order valence-corrected chi connectivity index (χ0v) is 12.3. The predicted octanol–water partition coefficient (Wildman–Crippen LogP) is 3.24. The Balaban J connectivity index is 1.90. The van der Waals surface area contributed by atoms with Crippen LogP contribution >= 0.6 is 0 Å². The summed E-state index contributed by atoms with van der Waals surface area (Å²) in [7, 11) is 0. The van der Waals surface area contributed by atoms with Gasteiger partial charge in [0, 0.05) is 18.9 Å². The van der Waals surface area contributed by atoms with Gasteiger partial charge in [-0.2, -0.15) is 0 Å². The standard InChI is InChI=1S/C17H25NO/c1-17(2,3)14-8-6-13(7-9-14)11-16(19)12-15-5-4-10-18-15/h6-9,15,18H,4-5,10-12H2,1-3H3. The first-order valence-corrected chi connectivity index (χ1v) is 7.29. The van der Waals surface area contributed by atoms with E-state index in [-0.39, 0.29) is 5.41 Å². The van der Waals surface area contributed by atoms with Crippen LogP contribution in [-0.2, 0) is 16.6 Å². The predicted molar refractivity (Wildman–Crippen MR) is 79.5 cm³/mol. The molecule has 1 heterocycles. The summed E-state index contributed by atoms with van der Waals surface area (Å²) in [6.07, 6.45) is 3.61. The topological polar surface area (TPSA) is 29.1 Å². The summed E-state index contributed by atoms with van der Waals surface area (Å²) in [5.41, 5.74) is 2.63. The van der Waals surface area contributed by atoms with Crippen LogP contribution in [-0.4, -0.2) is 18.4 Å². The summed E-state index contributed by atoms with van der Waals surface area (Å²) < 4.78 is 0. The lowest BCUT2D eigenvalue weighted by Gasteiger charge is -2.19. The van der Waals surface area contributed by atoms with Crippen LogP contribution in [0.25, 0.3) is 0 Å². The Morgan fingerprint density at radius 1 is 1.26 bits per heavy atom. The molecule has 0 bridgehead atoms. The van der Waals surface area contributed by atoms with Crippen LogP contribution < -0.4 is 5.32 Å². The van der Waals surface area contributed by atoms with Crippen LogP contribution in [0.2, 0.25) is 0 Å². The summed E-state index contributed by atoms with van der Waals surface area (Å²) in [4.78, 5) is 12.0. The number of hydrogen-bond acceptors (Lipinski definition) is 2. The van der Waals surface area contributed by atoms with Crippen LogP contribution in [0.15, 0.2) is 24.3 Å². The van der Waals surface area contributed by atoms with E-state index in [1.165, 1.54) is 12.0 Å². The largest absolute Gasteiger partial charge is 0.314 e. The zero-order chi connectivity index (χ0) is 13.9. The molecule has 1 aromatic carbocycles. The maximum Gasteiger partial charge on any atom is 0.138 e. The average Bonchev–Trinajstić information content (AvgIpc) is 2.81. The van der Waals surface area contributed by atoms with Gasteiger partial charge < -0.3 is 5.32 Å². The SMILES string of the molecule is CC(C)(C)c1ccc(CC(=O)CC2CCCN2)cc1. The highest BCUT2D eigenvalue weighted by atomic mass is 16.1. The van der Waals surface area contributed by atoms with Crippen molar-refractivity contribution >= 4 is 5.78 Å². The highest BCUT2D eigenvalue weighted by Gasteiger charge is 2.18. The molecule has 0 spiro atoms. The highest BCUT2D eigenvalue weighted by molar-refractivity contribution is 5.81. The monoisotopic (exact) mass is 259 g/mol. The molecule has 1 aliphatic rings. The molecule has 1 aliphatic heterocycles. The Kier molecular flexibility index (Phi) is 4.41. The summed E-state index contributed by atoms with van der Waals surface area (Å²) in [6.45, 7) is 7.69. The lowest BCUT2D eigenvalue weighted by Crippen LogP contribution is -2.25. The Labute approximate surface area is 116 Å². The molecule has 2 nitrogen and oxygen atoms in total. The Bertz CT molecular complexity index is 422. The van der Waals surface area contributed by atoms with Crippen molar-refractivity contribution in [3.63, 3.8) is 0 Å². The fourth-order valence-corrected chi connectivity index (χ4v) is 2.63. The molecule has 1 saturated heterocycles. The summed E-state index contributed by atoms with van der Waals surface area (Å²) in [5, 5.41) is 3.38. The smallest absolute Gasteiger partial charge is 0.138 e. The van der Waals surface area contributed by atoms with Crippen molar-refractivity contribution in [2.24, 2.45) is 0 Å². The lowest BCUT2D eigenvalue weighted by molar-refractivity contribution is -0.118. The Morgan fingerprint density at radius 2 is 1.95 bits per heavy atom. The number of carbonyl (C=O) groups is 1. The fraction of sp³-hybridized carbons (Fsp3) is 0.588. The average molecular weight is 259 g/mol. The van der Waals surface area contributed by atoms with Gasteiger partial charge in [-0.15, -0.1) is 0 Å². The van der Waals surface area contributed by atoms with Gasteiger partial charge in [0.25, 0.3) is 0 Å². The van der Waals surface area contributed by atoms with Gasteiger partial charge in [-0.1, -0.05) is 45.0 Å². The first-order chi connectivity index (χ1) is 8.95. The van der Waals surface area contributed by atoms with Crippen molar-refractivity contribution in [2.45, 2.75) is 57.9 Å². The van der Waals surface area contributed by atoms with E-state index in [1.807, 2.05) is 0 Å². The molecule has 1 N–H and O–H groups in total. The molecule has 0 aromatic heterocycles. The molecule has 0 radical (unpaired) electrons. The number of rotatable bonds is 4. The zero-order valence-electron chi connectivity index (χ0n) is 12.3. The van der Waals surface area contributed by atoms with Gasteiger partial charge >= 0.3 is 0 Å². The third-order valence-corrected chi connectivity index (χ3v) is 3.86. The van der Waals surface area contributed by atoms with Crippen molar-refractivity contribution in [2.75, 3.05) is 6.54 Å². The van der Waals surface area contributed by atoms with Gasteiger partial charge in [0.15, 0.2) is 0 Å². The van der Waals surface area contributed by atoms with Crippen molar-refractivity contribution in [3.05, 3.63) is 35.4 Å². The summed E-state index contributed by atoms with van der Waals surface area (Å²) >= 11 is 0. The molecule has 1 atom stereocenters. The van der Waals surface area contributed by atoms with Gasteiger partial charge in [0.2, 0.25) is 0 Å². The minimum absolute atomic E-state index is 0.177. The van der Waals surface area contributed by atoms with Crippen LogP contribution in [0.3, 0.4) is 0 Å². The summed E-state index contributed by atoms with van der Waals surface area (Å²) in [6, 6.07) is 8.91. The number of carbonyl (C=O) groups excluding carboxylic acids is 1. The summed E-state index contributed by atoms with van der Waals surface area (Å²) in [5.74, 6) is 0.350. The molecule has 1 unspecified atom stereocenters. The first-order valence-electron chi connectivity index (χ1n) is 7.29. The van der Waals surface area contributed by atoms with Crippen LogP contribution in [0, 0.1) is 0 Å². The quantitative estimate of drug-likeness (QED) is 0.899. The molecule has 2 heteroatoms. The number of Topliss-reactive ketones (excluding diaryl/α,β-unsaturated/α-hetero) is 1. The maximum atomic E-state index is 12.0. The van der Waals surface area contributed by atoms with E-state index in [0.717, 1.165) is 18.5 Å². The number of nitrogens with one attached hydrogen (secondary N) is 1. The molecule has 0 saturated carbocycles. The van der Waals surface area contributed by atoms with E-state index < -0.39 is 0 Å². The van der Waals surface area contributed by atoms with E-state index in [9.17, 15) is 4.79 Å². The molecule has 0 amide bonds. The van der Waals surface area contributed by atoms with Crippen LogP contribution in [0.4, 0.5) is 0 Å². The molecular formula is C17H25NO. The van der Waals surface area contributed by atoms with E-state index in [1.54, 1.807) is 0 Å². The normalized spacial score (nSPS) is 19.6. The van der Waals surface area contributed by atoms with Crippen LogP contribution in [0.1, 0.15) is 51.2 Å². The van der Waals surface area contributed by atoms with Gasteiger partial charge in [-0.05, 0) is 35.9 Å². The van der Waals surface area contributed by atoms with E-state index in [2.05, 4.69) is 50.4 Å². The third-order valence-electron chi connectivity index (χ3n) is 3.86. The maximum absolute atomic E-state index is 12.0. The molecule has 104 valence electrons. The molecule has 19 heavy (non-hydrogen) atoms. The van der Waals surface area contributed by atoms with Crippen molar-refractivity contribution < 1.29 is 4.79 Å². The van der Waals surface area contributed by atoms with Gasteiger partial charge in [0.1, 0.15) is 5.78 Å². The number of benzene rings is 1. The van der Waals surface area contributed by atoms with Crippen molar-refractivity contribution in [1.82, 2.24) is 5.32 Å². The van der Waals surface area contributed by atoms with E-state index in [4.69, 9.17) is 0 Å². The van der Waals surface area contributed by atoms with E-state index >= 15 is 0 Å². The molecule has 1 aromatic rings. The number of hydrogen-bond donors (Lipinski definition) is 1. The lowest BCUT2D eigenvalue weighted by atomic mass is 9.86. The third kappa shape index (κ3) is 4.17. The Hall–Kier alpha value is -1.15. The second-order valence-corrected chi connectivity index (χ2v) is 6.66. The minimum Gasteiger partial charge on any atom is -0.314 e. The molecule has 2 rings (SSSR count). The fourth-order valence-electron chi connectivity index (χ4n) is 2.63. The van der Waals surface area contributed by atoms with Gasteiger partial charge in [-0.3, -0.25) is 4.79 Å². The second-order valence-electron chi connectivity index (χ2n) is 6.66. The molecular weight excluding hydrogens is 234 g/mol. The van der Waals surface area contributed by atoms with Crippen molar-refractivity contribution in [1.29, 1.82) is 0 Å². The molecule has 1 fully saturated rings. The Morgan fingerprint density at radius 3 is 2.47 bits per heavy atom. The van der Waals surface area contributed by atoms with Crippen molar-refractivity contribution in [3.8, 4) is 0 Å². The first kappa shape index (κ1) is 14.3. The second kappa shape index (κ2) is 5.87. The van der Waals surface area contributed by atoms with Crippen LogP contribution in [0.5, 0.6) is 0 Å². The minimum atomic E-state index is 0.177. The molecule has 0 aliphatic carbocycles. The van der Waals surface area contributed by atoms with E-state index in [0.29, 0.717) is 24.7 Å². The van der Waals surface area contributed by atoms with Gasteiger partial charge in [0.05, 0.1) is 0 Å².